The molecule has 0 aliphatic heterocycles. The highest BCUT2D eigenvalue weighted by molar-refractivity contribution is 7.20. The first-order valence-corrected chi connectivity index (χ1v) is 10.00. The molecule has 4 nitrogen and oxygen atoms in total. The maximum Gasteiger partial charge on any atom is 0.416 e. The molecule has 2 heterocycles. The van der Waals surface area contributed by atoms with Crippen molar-refractivity contribution in [2.75, 3.05) is 5.32 Å². The maximum atomic E-state index is 13.1. The minimum atomic E-state index is -4.44. The van der Waals surface area contributed by atoms with E-state index in [0.717, 1.165) is 28.6 Å². The van der Waals surface area contributed by atoms with E-state index in [-0.39, 0.29) is 5.91 Å². The Morgan fingerprint density at radius 1 is 1.03 bits per heavy atom. The van der Waals surface area contributed by atoms with Crippen LogP contribution in [0.1, 0.15) is 32.1 Å². The van der Waals surface area contributed by atoms with Gasteiger partial charge in [0.1, 0.15) is 4.83 Å². The molecule has 0 saturated heterocycles. The van der Waals surface area contributed by atoms with Gasteiger partial charge in [0.25, 0.3) is 5.91 Å². The van der Waals surface area contributed by atoms with E-state index in [1.807, 2.05) is 32.0 Å². The van der Waals surface area contributed by atoms with Crippen molar-refractivity contribution in [3.63, 3.8) is 0 Å². The number of hydrogen-bond donors (Lipinski definition) is 1. The number of alkyl halides is 3. The van der Waals surface area contributed by atoms with E-state index in [4.69, 9.17) is 0 Å². The van der Waals surface area contributed by atoms with Gasteiger partial charge in [-0.05, 0) is 68.3 Å². The predicted molar refractivity (Wildman–Crippen MR) is 113 cm³/mol. The normalized spacial score (nSPS) is 11.8. The minimum absolute atomic E-state index is 0.267. The molecule has 0 bridgehead atoms. The van der Waals surface area contributed by atoms with E-state index in [9.17, 15) is 18.0 Å². The van der Waals surface area contributed by atoms with Gasteiger partial charge < -0.3 is 5.32 Å². The Balaban J connectivity index is 1.71. The lowest BCUT2D eigenvalue weighted by molar-refractivity contribution is -0.137. The topological polar surface area (TPSA) is 46.9 Å². The number of benzene rings is 2. The molecule has 1 amide bonds. The largest absolute Gasteiger partial charge is 0.416 e. The second kappa shape index (κ2) is 7.28. The third kappa shape index (κ3) is 3.82. The molecule has 0 atom stereocenters. The third-order valence-corrected chi connectivity index (χ3v) is 5.78. The number of anilines is 1. The number of carbonyl (C=O) groups is 1. The summed E-state index contributed by atoms with van der Waals surface area (Å²) in [6, 6.07) is 12.5. The number of halogens is 3. The maximum absolute atomic E-state index is 13.1. The van der Waals surface area contributed by atoms with Gasteiger partial charge >= 0.3 is 6.18 Å². The molecule has 4 rings (SSSR count). The van der Waals surface area contributed by atoms with Crippen LogP contribution in [-0.2, 0) is 6.18 Å². The molecule has 0 aliphatic carbocycles. The number of carbonyl (C=O) groups excluding carboxylic acids is 1. The average Bonchev–Trinajstić information content (AvgIpc) is 3.21. The first-order chi connectivity index (χ1) is 14.1. The summed E-state index contributed by atoms with van der Waals surface area (Å²) in [6.45, 7) is 5.68. The molecule has 0 unspecified atom stereocenters. The predicted octanol–water partition coefficient (Wildman–Crippen LogP) is 6.28. The Morgan fingerprint density at radius 2 is 1.73 bits per heavy atom. The zero-order valence-corrected chi connectivity index (χ0v) is 17.3. The molecule has 0 aliphatic rings. The molecule has 0 fully saturated rings. The van der Waals surface area contributed by atoms with Crippen LogP contribution in [0.3, 0.4) is 0 Å². The average molecular weight is 429 g/mol. The van der Waals surface area contributed by atoms with Gasteiger partial charge in [0.05, 0.1) is 21.8 Å². The van der Waals surface area contributed by atoms with Crippen LogP contribution in [0.15, 0.2) is 48.5 Å². The Labute approximate surface area is 175 Å². The van der Waals surface area contributed by atoms with Crippen molar-refractivity contribution in [3.05, 3.63) is 75.8 Å². The summed E-state index contributed by atoms with van der Waals surface area (Å²) >= 11 is 1.20. The smallest absolute Gasteiger partial charge is 0.321 e. The highest BCUT2D eigenvalue weighted by Gasteiger charge is 2.31. The summed E-state index contributed by atoms with van der Waals surface area (Å²) < 4.78 is 40.7. The van der Waals surface area contributed by atoms with E-state index in [1.165, 1.54) is 22.1 Å². The van der Waals surface area contributed by atoms with Gasteiger partial charge in [0, 0.05) is 11.1 Å². The van der Waals surface area contributed by atoms with Crippen LogP contribution in [0.5, 0.6) is 0 Å². The lowest BCUT2D eigenvalue weighted by Crippen LogP contribution is -2.10. The van der Waals surface area contributed by atoms with E-state index in [2.05, 4.69) is 10.4 Å². The second-order valence-electron chi connectivity index (χ2n) is 7.21. The molecular formula is C22H18F3N3OS. The number of aromatic nitrogens is 2. The Morgan fingerprint density at radius 3 is 2.40 bits per heavy atom. The Hall–Kier alpha value is -3.13. The zero-order valence-electron chi connectivity index (χ0n) is 16.5. The number of thiophene rings is 1. The Kier molecular flexibility index (Phi) is 4.89. The van der Waals surface area contributed by atoms with Crippen LogP contribution >= 0.6 is 11.3 Å². The first kappa shape index (κ1) is 20.2. The van der Waals surface area contributed by atoms with Crippen LogP contribution in [0, 0.1) is 20.8 Å². The molecule has 154 valence electrons. The quantitative estimate of drug-likeness (QED) is 0.416. The van der Waals surface area contributed by atoms with E-state index >= 15 is 0 Å². The van der Waals surface area contributed by atoms with Crippen LogP contribution < -0.4 is 5.32 Å². The molecule has 0 spiro atoms. The lowest BCUT2D eigenvalue weighted by Gasteiger charge is -2.09. The minimum Gasteiger partial charge on any atom is -0.321 e. The van der Waals surface area contributed by atoms with Crippen molar-refractivity contribution in [3.8, 4) is 5.69 Å². The van der Waals surface area contributed by atoms with Gasteiger partial charge in [0.15, 0.2) is 0 Å². The van der Waals surface area contributed by atoms with E-state index in [1.54, 1.807) is 19.1 Å². The fourth-order valence-corrected chi connectivity index (χ4v) is 4.47. The van der Waals surface area contributed by atoms with Gasteiger partial charge in [-0.3, -0.25) is 4.79 Å². The van der Waals surface area contributed by atoms with Crippen LogP contribution in [0.4, 0.5) is 18.9 Å². The monoisotopic (exact) mass is 429 g/mol. The third-order valence-electron chi connectivity index (χ3n) is 4.67. The van der Waals surface area contributed by atoms with Crippen molar-refractivity contribution in [1.29, 1.82) is 0 Å². The summed E-state index contributed by atoms with van der Waals surface area (Å²) in [7, 11) is 0. The van der Waals surface area contributed by atoms with E-state index in [0.29, 0.717) is 26.8 Å². The summed E-state index contributed by atoms with van der Waals surface area (Å²) in [5, 5.41) is 8.01. The van der Waals surface area contributed by atoms with Gasteiger partial charge in [-0.2, -0.15) is 18.3 Å². The number of fused-ring (bicyclic) bond motifs is 1. The van der Waals surface area contributed by atoms with E-state index < -0.39 is 11.7 Å². The fourth-order valence-electron chi connectivity index (χ4n) is 3.39. The van der Waals surface area contributed by atoms with Crippen molar-refractivity contribution < 1.29 is 18.0 Å². The number of rotatable bonds is 3. The summed E-state index contributed by atoms with van der Waals surface area (Å²) in [6.07, 6.45) is -4.44. The standard InChI is InChI=1S/C22H18F3N3OS/c1-12-7-13(2)9-16(8-12)26-20(29)19-11-18-14(3)27-28(21(18)30-19)17-6-4-5-15(10-17)22(23,24)25/h4-11H,1-3H3,(H,26,29). The molecule has 4 aromatic rings. The SMILES string of the molecule is Cc1cc(C)cc(NC(=O)c2cc3c(C)nn(-c4cccc(C(F)(F)F)c4)c3s2)c1. The lowest BCUT2D eigenvalue weighted by atomic mass is 10.1. The molecule has 30 heavy (non-hydrogen) atoms. The molecular weight excluding hydrogens is 411 g/mol. The molecule has 1 N–H and O–H groups in total. The van der Waals surface area contributed by atoms with Gasteiger partial charge in [-0.1, -0.05) is 12.1 Å². The second-order valence-corrected chi connectivity index (χ2v) is 8.24. The molecule has 2 aromatic carbocycles. The van der Waals surface area contributed by atoms with Gasteiger partial charge in [0.2, 0.25) is 0 Å². The Bertz CT molecular complexity index is 1250. The first-order valence-electron chi connectivity index (χ1n) is 9.18. The van der Waals surface area contributed by atoms with Crippen LogP contribution in [0.25, 0.3) is 15.9 Å². The zero-order chi connectivity index (χ0) is 21.6. The number of hydrogen-bond acceptors (Lipinski definition) is 3. The summed E-state index contributed by atoms with van der Waals surface area (Å²) in [5.74, 6) is -0.267. The number of aryl methyl sites for hydroxylation is 3. The highest BCUT2D eigenvalue weighted by atomic mass is 32.1. The molecule has 0 saturated carbocycles. The molecule has 8 heteroatoms. The van der Waals surface area contributed by atoms with Crippen molar-refractivity contribution in [1.82, 2.24) is 9.78 Å². The van der Waals surface area contributed by atoms with Crippen molar-refractivity contribution >= 4 is 33.1 Å². The number of nitrogens with zero attached hydrogens (tertiary/aromatic N) is 2. The molecule has 2 aromatic heterocycles. The van der Waals surface area contributed by atoms with Crippen molar-refractivity contribution in [2.24, 2.45) is 0 Å². The molecule has 0 radical (unpaired) electrons. The van der Waals surface area contributed by atoms with Crippen LogP contribution in [-0.4, -0.2) is 15.7 Å². The fraction of sp³-hybridized carbons (Fsp3) is 0.182. The summed E-state index contributed by atoms with van der Waals surface area (Å²) in [5.41, 5.74) is 2.97. The van der Waals surface area contributed by atoms with Crippen LogP contribution in [0.2, 0.25) is 0 Å². The van der Waals surface area contributed by atoms with Gasteiger partial charge in [-0.25, -0.2) is 4.68 Å². The highest BCUT2D eigenvalue weighted by Crippen LogP contribution is 2.34. The number of amides is 1. The summed E-state index contributed by atoms with van der Waals surface area (Å²) in [4.78, 5) is 13.9. The van der Waals surface area contributed by atoms with Gasteiger partial charge in [-0.15, -0.1) is 11.3 Å². The van der Waals surface area contributed by atoms with Crippen molar-refractivity contribution in [2.45, 2.75) is 26.9 Å². The number of nitrogens with one attached hydrogen (secondary N) is 1.